The number of amides is 1. The Morgan fingerprint density at radius 3 is 2.50 bits per heavy atom. The fourth-order valence-electron chi connectivity index (χ4n) is 3.17. The molecule has 4 aromatic rings. The third-order valence-corrected chi connectivity index (χ3v) is 5.35. The molecular weight excluding hydrogens is 396 g/mol. The molecule has 1 amide bonds. The van der Waals surface area contributed by atoms with Gasteiger partial charge in [-0.2, -0.15) is 5.10 Å². The number of carbonyl (C=O) groups excluding carboxylic acids is 1. The van der Waals surface area contributed by atoms with Crippen molar-refractivity contribution in [2.45, 2.75) is 20.4 Å². The molecule has 0 spiro atoms. The van der Waals surface area contributed by atoms with Crippen LogP contribution in [0.1, 0.15) is 27.2 Å². The van der Waals surface area contributed by atoms with E-state index in [0.29, 0.717) is 28.6 Å². The molecular formula is C24H21ClN4O. The Bertz CT molecular complexity index is 1200. The van der Waals surface area contributed by atoms with Crippen LogP contribution in [-0.4, -0.2) is 20.7 Å². The first-order valence-corrected chi connectivity index (χ1v) is 10.0. The first kappa shape index (κ1) is 19.9. The molecule has 0 aliphatic heterocycles. The molecule has 0 radical (unpaired) electrons. The van der Waals surface area contributed by atoms with Crippen molar-refractivity contribution in [3.8, 4) is 16.9 Å². The number of halogens is 1. The van der Waals surface area contributed by atoms with Gasteiger partial charge in [-0.05, 0) is 66.9 Å². The minimum Gasteiger partial charge on any atom is -0.347 e. The van der Waals surface area contributed by atoms with Crippen molar-refractivity contribution >= 4 is 17.5 Å². The van der Waals surface area contributed by atoms with E-state index in [9.17, 15) is 4.79 Å². The lowest BCUT2D eigenvalue weighted by molar-refractivity contribution is 0.0943. The lowest BCUT2D eigenvalue weighted by Crippen LogP contribution is -2.25. The molecule has 30 heavy (non-hydrogen) atoms. The summed E-state index contributed by atoms with van der Waals surface area (Å²) in [7, 11) is 0. The van der Waals surface area contributed by atoms with E-state index >= 15 is 0 Å². The van der Waals surface area contributed by atoms with Crippen molar-refractivity contribution in [2.75, 3.05) is 0 Å². The minimum atomic E-state index is -0.227. The summed E-state index contributed by atoms with van der Waals surface area (Å²) in [6.07, 6.45) is 3.40. The summed E-state index contributed by atoms with van der Waals surface area (Å²) in [6.45, 7) is 4.53. The van der Waals surface area contributed by atoms with Crippen LogP contribution >= 0.6 is 11.6 Å². The van der Waals surface area contributed by atoms with Crippen molar-refractivity contribution in [1.82, 2.24) is 20.1 Å². The Labute approximate surface area is 180 Å². The average molecular weight is 417 g/mol. The number of para-hydroxylation sites is 1. The number of aromatic nitrogens is 3. The fourth-order valence-corrected chi connectivity index (χ4v) is 3.38. The molecule has 2 aromatic carbocycles. The number of carbonyl (C=O) groups is 1. The zero-order chi connectivity index (χ0) is 21.1. The van der Waals surface area contributed by atoms with Gasteiger partial charge in [0.15, 0.2) is 0 Å². The molecule has 0 bridgehead atoms. The van der Waals surface area contributed by atoms with Gasteiger partial charge in [0, 0.05) is 24.5 Å². The molecule has 6 heteroatoms. The molecule has 0 saturated heterocycles. The van der Waals surface area contributed by atoms with Crippen molar-refractivity contribution in [3.05, 3.63) is 100 Å². The van der Waals surface area contributed by atoms with E-state index in [0.717, 1.165) is 11.1 Å². The molecule has 0 atom stereocenters. The van der Waals surface area contributed by atoms with E-state index in [1.807, 2.05) is 36.4 Å². The first-order chi connectivity index (χ1) is 14.5. The van der Waals surface area contributed by atoms with E-state index < -0.39 is 0 Å². The fraction of sp³-hybridized carbons (Fsp3) is 0.125. The Balaban J connectivity index is 1.73. The smallest absolute Gasteiger partial charge is 0.270 e. The lowest BCUT2D eigenvalue weighted by Gasteiger charge is -2.09. The number of nitrogens with one attached hydrogen (secondary N) is 1. The van der Waals surface area contributed by atoms with Crippen LogP contribution in [-0.2, 0) is 6.54 Å². The van der Waals surface area contributed by atoms with Crippen molar-refractivity contribution in [1.29, 1.82) is 0 Å². The van der Waals surface area contributed by atoms with Crippen LogP contribution in [0.3, 0.4) is 0 Å². The maximum absolute atomic E-state index is 13.1. The van der Waals surface area contributed by atoms with Crippen LogP contribution in [0.25, 0.3) is 16.9 Å². The normalized spacial score (nSPS) is 10.8. The zero-order valence-electron chi connectivity index (χ0n) is 16.8. The number of aryl methyl sites for hydroxylation is 2. The third kappa shape index (κ3) is 4.11. The number of rotatable bonds is 5. The number of pyridine rings is 1. The van der Waals surface area contributed by atoms with Gasteiger partial charge in [-0.1, -0.05) is 35.9 Å². The summed E-state index contributed by atoms with van der Waals surface area (Å²) in [4.78, 5) is 17.1. The molecule has 1 N–H and O–H groups in total. The maximum atomic E-state index is 13.1. The summed E-state index contributed by atoms with van der Waals surface area (Å²) in [5.41, 5.74) is 6.09. The van der Waals surface area contributed by atoms with Gasteiger partial charge in [0.25, 0.3) is 5.91 Å². The summed E-state index contributed by atoms with van der Waals surface area (Å²) in [5.74, 6) is -0.227. The standard InChI is InChI=1S/C24H21ClN4O/c1-16-7-8-19(13-17(16)2)21-14-23(24(30)27-15-18-9-11-26-12-10-18)29(28-21)22-6-4-3-5-20(22)25/h3-14H,15H2,1-2H3,(H,27,30). The van der Waals surface area contributed by atoms with Gasteiger partial charge < -0.3 is 5.32 Å². The summed E-state index contributed by atoms with van der Waals surface area (Å²) in [6, 6.07) is 19.0. The predicted molar refractivity (Wildman–Crippen MR) is 119 cm³/mol. The highest BCUT2D eigenvalue weighted by Crippen LogP contribution is 2.26. The number of hydrogen-bond acceptors (Lipinski definition) is 3. The molecule has 0 fully saturated rings. The average Bonchev–Trinajstić information content (AvgIpc) is 3.20. The molecule has 0 saturated carbocycles. The van der Waals surface area contributed by atoms with E-state index in [1.54, 1.807) is 29.2 Å². The lowest BCUT2D eigenvalue weighted by atomic mass is 10.0. The second kappa shape index (κ2) is 8.51. The van der Waals surface area contributed by atoms with Gasteiger partial charge in [-0.25, -0.2) is 4.68 Å². The van der Waals surface area contributed by atoms with E-state index in [1.165, 1.54) is 11.1 Å². The zero-order valence-corrected chi connectivity index (χ0v) is 17.5. The molecule has 0 aliphatic rings. The van der Waals surface area contributed by atoms with E-state index in [-0.39, 0.29) is 5.91 Å². The largest absolute Gasteiger partial charge is 0.347 e. The summed E-state index contributed by atoms with van der Waals surface area (Å²) in [5, 5.41) is 8.20. The first-order valence-electron chi connectivity index (χ1n) is 9.62. The van der Waals surface area contributed by atoms with Gasteiger partial charge in [0.1, 0.15) is 5.69 Å². The van der Waals surface area contributed by atoms with E-state index in [2.05, 4.69) is 36.3 Å². The monoisotopic (exact) mass is 416 g/mol. The molecule has 2 aromatic heterocycles. The van der Waals surface area contributed by atoms with Crippen LogP contribution in [0.5, 0.6) is 0 Å². The summed E-state index contributed by atoms with van der Waals surface area (Å²) < 4.78 is 1.61. The van der Waals surface area contributed by atoms with Crippen molar-refractivity contribution in [2.24, 2.45) is 0 Å². The van der Waals surface area contributed by atoms with Gasteiger partial charge in [-0.3, -0.25) is 9.78 Å². The Kier molecular flexibility index (Phi) is 5.63. The molecule has 0 aliphatic carbocycles. The van der Waals surface area contributed by atoms with Gasteiger partial charge in [-0.15, -0.1) is 0 Å². The van der Waals surface area contributed by atoms with Gasteiger partial charge in [0.05, 0.1) is 16.4 Å². The van der Waals surface area contributed by atoms with Crippen LogP contribution in [0.15, 0.2) is 73.1 Å². The SMILES string of the molecule is Cc1ccc(-c2cc(C(=O)NCc3ccncc3)n(-c3ccccc3Cl)n2)cc1C. The number of benzene rings is 2. The molecule has 4 rings (SSSR count). The summed E-state index contributed by atoms with van der Waals surface area (Å²) >= 11 is 6.41. The van der Waals surface area contributed by atoms with Crippen LogP contribution in [0.2, 0.25) is 5.02 Å². The topological polar surface area (TPSA) is 59.8 Å². The number of hydrogen-bond donors (Lipinski definition) is 1. The maximum Gasteiger partial charge on any atom is 0.270 e. The van der Waals surface area contributed by atoms with E-state index in [4.69, 9.17) is 16.7 Å². The van der Waals surface area contributed by atoms with Crippen molar-refractivity contribution < 1.29 is 4.79 Å². The van der Waals surface area contributed by atoms with Crippen LogP contribution < -0.4 is 5.32 Å². The van der Waals surface area contributed by atoms with Crippen LogP contribution in [0.4, 0.5) is 0 Å². The Morgan fingerprint density at radius 1 is 1.00 bits per heavy atom. The third-order valence-electron chi connectivity index (χ3n) is 5.03. The Hall–Kier alpha value is -3.44. The minimum absolute atomic E-state index is 0.227. The van der Waals surface area contributed by atoms with Crippen LogP contribution in [0, 0.1) is 13.8 Å². The highest BCUT2D eigenvalue weighted by Gasteiger charge is 2.19. The second-order valence-electron chi connectivity index (χ2n) is 7.12. The van der Waals surface area contributed by atoms with Crippen molar-refractivity contribution in [3.63, 3.8) is 0 Å². The van der Waals surface area contributed by atoms with Gasteiger partial charge in [0.2, 0.25) is 0 Å². The predicted octanol–water partition coefficient (Wildman–Crippen LogP) is 5.13. The van der Waals surface area contributed by atoms with Gasteiger partial charge >= 0.3 is 0 Å². The highest BCUT2D eigenvalue weighted by atomic mass is 35.5. The number of nitrogens with zero attached hydrogens (tertiary/aromatic N) is 3. The molecule has 0 unspecified atom stereocenters. The Morgan fingerprint density at radius 2 is 1.77 bits per heavy atom. The molecule has 5 nitrogen and oxygen atoms in total. The molecule has 150 valence electrons. The highest BCUT2D eigenvalue weighted by molar-refractivity contribution is 6.32. The molecule has 2 heterocycles. The quantitative estimate of drug-likeness (QED) is 0.490. The second-order valence-corrected chi connectivity index (χ2v) is 7.52.